The van der Waals surface area contributed by atoms with Crippen LogP contribution in [0.5, 0.6) is 0 Å². The first-order chi connectivity index (χ1) is 10.1. The standard InChI is InChI=1S/C14H18ClN5O/c15-11-10-12(19-13(16)18-11)20(7-17-10)9-4-8-2-1-3-14(8,5-9)6-21/h7-9,21H,1-6H2,(H2,16,18,19)/t8-,9-,14+/m0/s1. The van der Waals surface area contributed by atoms with Gasteiger partial charge in [0.2, 0.25) is 5.95 Å². The van der Waals surface area contributed by atoms with Crippen molar-refractivity contribution in [2.24, 2.45) is 11.3 Å². The number of halogens is 1. The minimum absolute atomic E-state index is 0.0869. The fourth-order valence-corrected chi connectivity index (χ4v) is 4.60. The number of nitrogens with two attached hydrogens (primary N) is 1. The van der Waals surface area contributed by atoms with Crippen molar-refractivity contribution in [3.63, 3.8) is 0 Å². The molecule has 2 aromatic heterocycles. The van der Waals surface area contributed by atoms with Gasteiger partial charge in [0.05, 0.1) is 6.33 Å². The molecule has 0 radical (unpaired) electrons. The van der Waals surface area contributed by atoms with Gasteiger partial charge in [0.15, 0.2) is 10.8 Å². The Bertz CT molecular complexity index is 702. The number of nitrogens with zero attached hydrogens (tertiary/aromatic N) is 4. The molecule has 0 amide bonds. The van der Waals surface area contributed by atoms with Crippen molar-refractivity contribution in [1.82, 2.24) is 19.5 Å². The monoisotopic (exact) mass is 307 g/mol. The van der Waals surface area contributed by atoms with Crippen LogP contribution in [0.1, 0.15) is 38.1 Å². The molecule has 4 rings (SSSR count). The van der Waals surface area contributed by atoms with E-state index in [0.717, 1.165) is 19.3 Å². The first-order valence-corrected chi connectivity index (χ1v) is 7.77. The molecular weight excluding hydrogens is 290 g/mol. The molecule has 21 heavy (non-hydrogen) atoms. The molecule has 2 aromatic rings. The minimum atomic E-state index is 0.0869. The van der Waals surface area contributed by atoms with Gasteiger partial charge in [-0.15, -0.1) is 0 Å². The second kappa shape index (κ2) is 4.55. The fraction of sp³-hybridized carbons (Fsp3) is 0.643. The third-order valence-electron chi connectivity index (χ3n) is 5.40. The van der Waals surface area contributed by atoms with E-state index in [1.807, 2.05) is 0 Å². The van der Waals surface area contributed by atoms with Crippen molar-refractivity contribution in [2.45, 2.75) is 38.1 Å². The van der Waals surface area contributed by atoms with Gasteiger partial charge in [-0.25, -0.2) is 4.98 Å². The van der Waals surface area contributed by atoms with E-state index >= 15 is 0 Å². The van der Waals surface area contributed by atoms with Gasteiger partial charge in [0.25, 0.3) is 0 Å². The predicted molar refractivity (Wildman–Crippen MR) is 79.9 cm³/mol. The zero-order valence-electron chi connectivity index (χ0n) is 11.7. The molecule has 6 nitrogen and oxygen atoms in total. The highest BCUT2D eigenvalue weighted by molar-refractivity contribution is 6.33. The van der Waals surface area contributed by atoms with E-state index < -0.39 is 0 Å². The van der Waals surface area contributed by atoms with Gasteiger partial charge in [-0.05, 0) is 37.0 Å². The summed E-state index contributed by atoms with van der Waals surface area (Å²) in [6.07, 6.45) is 7.37. The average molecular weight is 308 g/mol. The van der Waals surface area contributed by atoms with Crippen molar-refractivity contribution < 1.29 is 5.11 Å². The summed E-state index contributed by atoms with van der Waals surface area (Å²) in [5, 5.41) is 10.1. The van der Waals surface area contributed by atoms with Crippen LogP contribution in [0.2, 0.25) is 5.15 Å². The summed E-state index contributed by atoms with van der Waals surface area (Å²) in [6.45, 7) is 0.276. The molecule has 7 heteroatoms. The molecule has 0 aromatic carbocycles. The number of nitrogen functional groups attached to an aromatic ring is 1. The average Bonchev–Trinajstić information content (AvgIpc) is 3.08. The third-order valence-corrected chi connectivity index (χ3v) is 5.66. The van der Waals surface area contributed by atoms with Crippen molar-refractivity contribution in [1.29, 1.82) is 0 Å². The van der Waals surface area contributed by atoms with E-state index in [9.17, 15) is 5.11 Å². The van der Waals surface area contributed by atoms with E-state index in [-0.39, 0.29) is 18.0 Å². The maximum atomic E-state index is 9.85. The van der Waals surface area contributed by atoms with Crippen molar-refractivity contribution >= 4 is 28.7 Å². The van der Waals surface area contributed by atoms with Gasteiger partial charge in [-0.2, -0.15) is 9.97 Å². The summed E-state index contributed by atoms with van der Waals surface area (Å²) in [4.78, 5) is 12.6. The zero-order valence-corrected chi connectivity index (χ0v) is 12.4. The number of aliphatic hydroxyl groups excluding tert-OH is 1. The summed E-state index contributed by atoms with van der Waals surface area (Å²) in [5.41, 5.74) is 7.09. The molecule has 0 bridgehead atoms. The number of hydrogen-bond acceptors (Lipinski definition) is 5. The summed E-state index contributed by atoms with van der Waals surface area (Å²) >= 11 is 6.09. The van der Waals surface area contributed by atoms with E-state index in [1.165, 1.54) is 12.8 Å². The molecule has 2 saturated carbocycles. The molecule has 0 spiro atoms. The van der Waals surface area contributed by atoms with Crippen LogP contribution in [0.4, 0.5) is 5.95 Å². The number of fused-ring (bicyclic) bond motifs is 2. The topological polar surface area (TPSA) is 89.8 Å². The van der Waals surface area contributed by atoms with Gasteiger partial charge < -0.3 is 15.4 Å². The highest BCUT2D eigenvalue weighted by Crippen LogP contribution is 2.57. The first kappa shape index (κ1) is 13.3. The Kier molecular flexibility index (Phi) is 2.87. The quantitative estimate of drug-likeness (QED) is 0.830. The molecular formula is C14H18ClN5O. The van der Waals surface area contributed by atoms with Crippen LogP contribution in [-0.4, -0.2) is 31.2 Å². The number of anilines is 1. The van der Waals surface area contributed by atoms with E-state index in [0.29, 0.717) is 28.3 Å². The third kappa shape index (κ3) is 1.85. The van der Waals surface area contributed by atoms with Crippen molar-refractivity contribution in [2.75, 3.05) is 12.3 Å². The van der Waals surface area contributed by atoms with Gasteiger partial charge in [-0.1, -0.05) is 18.0 Å². The summed E-state index contributed by atoms with van der Waals surface area (Å²) in [5.74, 6) is 0.768. The lowest BCUT2D eigenvalue weighted by Gasteiger charge is -2.26. The van der Waals surface area contributed by atoms with Gasteiger partial charge in [0, 0.05) is 12.6 Å². The summed E-state index contributed by atoms with van der Waals surface area (Å²) < 4.78 is 2.06. The fourth-order valence-electron chi connectivity index (χ4n) is 4.38. The summed E-state index contributed by atoms with van der Waals surface area (Å²) in [7, 11) is 0. The molecule has 2 fully saturated rings. The number of hydrogen-bond donors (Lipinski definition) is 2. The highest BCUT2D eigenvalue weighted by atomic mass is 35.5. The molecule has 2 aliphatic rings. The Morgan fingerprint density at radius 1 is 1.48 bits per heavy atom. The normalized spacial score (nSPS) is 31.9. The molecule has 2 heterocycles. The van der Waals surface area contributed by atoms with E-state index in [2.05, 4.69) is 19.5 Å². The van der Waals surface area contributed by atoms with Gasteiger partial charge >= 0.3 is 0 Å². The lowest BCUT2D eigenvalue weighted by atomic mass is 9.81. The minimum Gasteiger partial charge on any atom is -0.396 e. The maximum absolute atomic E-state index is 9.85. The molecule has 112 valence electrons. The lowest BCUT2D eigenvalue weighted by molar-refractivity contribution is 0.104. The van der Waals surface area contributed by atoms with Crippen LogP contribution in [0, 0.1) is 11.3 Å². The molecule has 2 aliphatic carbocycles. The van der Waals surface area contributed by atoms with Crippen LogP contribution >= 0.6 is 11.6 Å². The van der Waals surface area contributed by atoms with Crippen LogP contribution in [0.25, 0.3) is 11.2 Å². The number of aliphatic hydroxyl groups is 1. The van der Waals surface area contributed by atoms with Gasteiger partial charge in [-0.3, -0.25) is 0 Å². The largest absolute Gasteiger partial charge is 0.396 e. The highest BCUT2D eigenvalue weighted by Gasteiger charge is 2.50. The number of imidazole rings is 1. The molecule has 3 N–H and O–H groups in total. The Labute approximate surface area is 127 Å². The second-order valence-electron chi connectivity index (χ2n) is 6.40. The van der Waals surface area contributed by atoms with Crippen LogP contribution in [0.3, 0.4) is 0 Å². The smallest absolute Gasteiger partial charge is 0.223 e. The van der Waals surface area contributed by atoms with Crippen molar-refractivity contribution in [3.05, 3.63) is 11.5 Å². The van der Waals surface area contributed by atoms with Crippen molar-refractivity contribution in [3.8, 4) is 0 Å². The predicted octanol–water partition coefficient (Wildman–Crippen LogP) is 2.18. The number of aromatic nitrogens is 4. The van der Waals surface area contributed by atoms with Crippen LogP contribution in [-0.2, 0) is 0 Å². The van der Waals surface area contributed by atoms with E-state index in [1.54, 1.807) is 6.33 Å². The Morgan fingerprint density at radius 2 is 2.33 bits per heavy atom. The molecule has 0 saturated heterocycles. The van der Waals surface area contributed by atoms with Crippen LogP contribution < -0.4 is 5.73 Å². The second-order valence-corrected chi connectivity index (χ2v) is 6.76. The van der Waals surface area contributed by atoms with Crippen LogP contribution in [0.15, 0.2) is 6.33 Å². The molecule has 3 atom stereocenters. The molecule has 0 aliphatic heterocycles. The summed E-state index contributed by atoms with van der Waals surface area (Å²) in [6, 6.07) is 0.304. The molecule has 0 unspecified atom stereocenters. The van der Waals surface area contributed by atoms with Gasteiger partial charge in [0.1, 0.15) is 5.52 Å². The van der Waals surface area contributed by atoms with E-state index in [4.69, 9.17) is 17.3 Å². The Hall–Kier alpha value is -1.40. The zero-order chi connectivity index (χ0) is 14.6. The number of rotatable bonds is 2. The maximum Gasteiger partial charge on any atom is 0.223 e. The SMILES string of the molecule is Nc1nc(Cl)c2ncn([C@H]3C[C@@H]4CCC[C@]4(CO)C3)c2n1. The Balaban J connectivity index is 1.75. The lowest BCUT2D eigenvalue weighted by Crippen LogP contribution is -2.24. The Morgan fingerprint density at radius 3 is 3.10 bits per heavy atom. The first-order valence-electron chi connectivity index (χ1n) is 7.39.